The number of nitrogens with zero attached hydrogens (tertiary/aromatic N) is 3. The third-order valence-corrected chi connectivity index (χ3v) is 8.35. The third-order valence-electron chi connectivity index (χ3n) is 6.30. The molecule has 0 bridgehead atoms. The molecule has 0 fully saturated rings. The van der Waals surface area contributed by atoms with E-state index in [1.807, 2.05) is 54.6 Å². The van der Waals surface area contributed by atoms with E-state index in [0.29, 0.717) is 33.0 Å². The Kier molecular flexibility index (Phi) is 5.94. The molecule has 1 N–H and O–H groups in total. The second-order valence-corrected chi connectivity index (χ2v) is 10.9. The van der Waals surface area contributed by atoms with Gasteiger partial charge in [-0.15, -0.1) is 0 Å². The van der Waals surface area contributed by atoms with Crippen LogP contribution in [-0.2, 0) is 10.0 Å². The number of fused-ring (bicyclic) bond motifs is 1. The van der Waals surface area contributed by atoms with Crippen LogP contribution in [0.3, 0.4) is 0 Å². The lowest BCUT2D eigenvalue weighted by Crippen LogP contribution is -2.15. The van der Waals surface area contributed by atoms with Crippen molar-refractivity contribution in [3.05, 3.63) is 138 Å². The van der Waals surface area contributed by atoms with Crippen molar-refractivity contribution in [3.8, 4) is 11.3 Å². The van der Waals surface area contributed by atoms with Crippen LogP contribution in [0.25, 0.3) is 33.6 Å². The molecule has 38 heavy (non-hydrogen) atoms. The van der Waals surface area contributed by atoms with Crippen LogP contribution in [0.15, 0.2) is 127 Å². The zero-order chi connectivity index (χ0) is 26.3. The number of benzene rings is 2. The van der Waals surface area contributed by atoms with Crippen molar-refractivity contribution in [3.63, 3.8) is 0 Å². The van der Waals surface area contributed by atoms with E-state index < -0.39 is 10.0 Å². The van der Waals surface area contributed by atoms with E-state index in [4.69, 9.17) is 11.6 Å². The summed E-state index contributed by atoms with van der Waals surface area (Å²) >= 11 is 6.48. The minimum Gasteiger partial charge on any atom is -0.355 e. The van der Waals surface area contributed by atoms with Gasteiger partial charge in [-0.25, -0.2) is 17.4 Å². The molecule has 6 nitrogen and oxygen atoms in total. The molecule has 0 aliphatic carbocycles. The quantitative estimate of drug-likeness (QED) is 0.276. The molecule has 6 rings (SSSR count). The van der Waals surface area contributed by atoms with Crippen LogP contribution in [-0.4, -0.2) is 22.4 Å². The summed E-state index contributed by atoms with van der Waals surface area (Å²) in [5.74, 6) is 0. The van der Waals surface area contributed by atoms with E-state index in [1.54, 1.807) is 55.0 Å². The summed E-state index contributed by atoms with van der Waals surface area (Å²) in [4.78, 5) is 8.93. The molecule has 0 amide bonds. The van der Waals surface area contributed by atoms with E-state index in [1.165, 1.54) is 3.97 Å². The molecule has 0 spiro atoms. The third kappa shape index (κ3) is 4.12. The zero-order valence-corrected chi connectivity index (χ0v) is 21.6. The maximum absolute atomic E-state index is 14.0. The number of pyridine rings is 2. The SMILES string of the molecule is C=C1C=C(c2ccnc3c2cc(-c2cccnc2)n3S(=O)(=O)c2ccccc2)C=C(c2ccccc2Cl)N1. The fourth-order valence-corrected chi connectivity index (χ4v) is 6.33. The molecule has 2 aromatic carbocycles. The highest BCUT2D eigenvalue weighted by Gasteiger charge is 2.26. The van der Waals surface area contributed by atoms with Crippen molar-refractivity contribution in [2.75, 3.05) is 0 Å². The summed E-state index contributed by atoms with van der Waals surface area (Å²) in [6.45, 7) is 4.13. The number of dihydropyridines is 1. The lowest BCUT2D eigenvalue weighted by molar-refractivity contribution is 0.589. The van der Waals surface area contributed by atoms with Crippen molar-refractivity contribution < 1.29 is 8.42 Å². The second kappa shape index (κ2) is 9.45. The van der Waals surface area contributed by atoms with Crippen LogP contribution < -0.4 is 5.32 Å². The van der Waals surface area contributed by atoms with Crippen LogP contribution >= 0.6 is 11.6 Å². The first kappa shape index (κ1) is 23.9. The number of hydrogen-bond donors (Lipinski definition) is 1. The lowest BCUT2D eigenvalue weighted by Gasteiger charge is -2.19. The maximum Gasteiger partial charge on any atom is 0.269 e. The Morgan fingerprint density at radius 1 is 0.868 bits per heavy atom. The molecular formula is C30H21ClN4O2S. The zero-order valence-electron chi connectivity index (χ0n) is 20.0. The molecule has 0 atom stereocenters. The molecule has 186 valence electrons. The number of hydrogen-bond acceptors (Lipinski definition) is 5. The van der Waals surface area contributed by atoms with Gasteiger partial charge in [-0.3, -0.25) is 4.98 Å². The van der Waals surface area contributed by atoms with Gasteiger partial charge in [0.2, 0.25) is 0 Å². The van der Waals surface area contributed by atoms with Gasteiger partial charge in [0, 0.05) is 51.5 Å². The van der Waals surface area contributed by atoms with E-state index >= 15 is 0 Å². The number of halogens is 1. The van der Waals surface area contributed by atoms with E-state index in [0.717, 1.165) is 22.4 Å². The van der Waals surface area contributed by atoms with Gasteiger partial charge in [0.05, 0.1) is 10.6 Å². The van der Waals surface area contributed by atoms with Crippen LogP contribution in [0.5, 0.6) is 0 Å². The van der Waals surface area contributed by atoms with Gasteiger partial charge in [-0.1, -0.05) is 54.6 Å². The van der Waals surface area contributed by atoms with Crippen molar-refractivity contribution in [2.45, 2.75) is 4.90 Å². The predicted molar refractivity (Wildman–Crippen MR) is 152 cm³/mol. The van der Waals surface area contributed by atoms with Gasteiger partial charge in [-0.05, 0) is 65.8 Å². The summed E-state index contributed by atoms with van der Waals surface area (Å²) in [6.07, 6.45) is 8.82. The average Bonchev–Trinajstić information content (AvgIpc) is 3.35. The Hall–Kier alpha value is -4.46. The first-order chi connectivity index (χ1) is 18.4. The van der Waals surface area contributed by atoms with Gasteiger partial charge in [0.1, 0.15) is 0 Å². The van der Waals surface area contributed by atoms with Gasteiger partial charge >= 0.3 is 0 Å². The molecule has 0 saturated heterocycles. The molecule has 5 aromatic rings. The molecule has 3 aromatic heterocycles. The monoisotopic (exact) mass is 536 g/mol. The van der Waals surface area contributed by atoms with Crippen molar-refractivity contribution in [1.29, 1.82) is 0 Å². The number of rotatable bonds is 5. The summed E-state index contributed by atoms with van der Waals surface area (Å²) in [5.41, 5.74) is 5.44. The maximum atomic E-state index is 14.0. The number of allylic oxidation sites excluding steroid dienone is 3. The number of aromatic nitrogens is 3. The molecule has 1 aliphatic rings. The van der Waals surface area contributed by atoms with Crippen LogP contribution in [0, 0.1) is 0 Å². The first-order valence-corrected chi connectivity index (χ1v) is 13.6. The summed E-state index contributed by atoms with van der Waals surface area (Å²) < 4.78 is 29.2. The van der Waals surface area contributed by atoms with Crippen LogP contribution in [0.1, 0.15) is 11.1 Å². The highest BCUT2D eigenvalue weighted by atomic mass is 35.5. The average molecular weight is 537 g/mol. The van der Waals surface area contributed by atoms with E-state index in [2.05, 4.69) is 21.9 Å². The summed E-state index contributed by atoms with van der Waals surface area (Å²) in [6, 6.07) is 23.2. The fourth-order valence-electron chi connectivity index (χ4n) is 4.59. The summed E-state index contributed by atoms with van der Waals surface area (Å²) in [7, 11) is -3.97. The molecule has 1 aliphatic heterocycles. The van der Waals surface area contributed by atoms with Gasteiger partial charge in [-0.2, -0.15) is 0 Å². The van der Waals surface area contributed by atoms with Gasteiger partial charge in [0.15, 0.2) is 5.65 Å². The Labute approximate surface area is 225 Å². The van der Waals surface area contributed by atoms with Gasteiger partial charge in [0.25, 0.3) is 10.0 Å². The molecule has 4 heterocycles. The number of nitrogens with one attached hydrogen (secondary N) is 1. The molecule has 0 saturated carbocycles. The smallest absolute Gasteiger partial charge is 0.269 e. The Morgan fingerprint density at radius 2 is 1.66 bits per heavy atom. The summed E-state index contributed by atoms with van der Waals surface area (Å²) in [5, 5.41) is 4.58. The van der Waals surface area contributed by atoms with Crippen molar-refractivity contribution in [2.24, 2.45) is 0 Å². The molecule has 8 heteroatoms. The van der Waals surface area contributed by atoms with Crippen molar-refractivity contribution in [1.82, 2.24) is 19.3 Å². The van der Waals surface area contributed by atoms with Crippen molar-refractivity contribution >= 4 is 43.9 Å². The predicted octanol–water partition coefficient (Wildman–Crippen LogP) is 6.53. The topological polar surface area (TPSA) is 76.9 Å². The molecule has 0 unspecified atom stereocenters. The minimum absolute atomic E-state index is 0.171. The van der Waals surface area contributed by atoms with E-state index in [9.17, 15) is 8.42 Å². The Balaban J connectivity index is 1.61. The fraction of sp³-hybridized carbons (Fsp3) is 0. The van der Waals surface area contributed by atoms with Crippen LogP contribution in [0.2, 0.25) is 5.02 Å². The largest absolute Gasteiger partial charge is 0.355 e. The Morgan fingerprint density at radius 3 is 2.42 bits per heavy atom. The lowest BCUT2D eigenvalue weighted by atomic mass is 9.97. The van der Waals surface area contributed by atoms with E-state index in [-0.39, 0.29) is 4.90 Å². The molecular weight excluding hydrogens is 516 g/mol. The normalized spacial score (nSPS) is 13.7. The Bertz CT molecular complexity index is 1880. The van der Waals surface area contributed by atoms with Crippen LogP contribution in [0.4, 0.5) is 0 Å². The second-order valence-electron chi connectivity index (χ2n) is 8.74. The first-order valence-electron chi connectivity index (χ1n) is 11.8. The highest BCUT2D eigenvalue weighted by molar-refractivity contribution is 7.90. The molecule has 0 radical (unpaired) electrons. The minimum atomic E-state index is -3.97. The van der Waals surface area contributed by atoms with Gasteiger partial charge < -0.3 is 5.32 Å². The highest BCUT2D eigenvalue weighted by Crippen LogP contribution is 2.37. The standard InChI is InChI=1S/C30H21ClN4O2S/c1-20-16-22(17-28(34-20)25-11-5-6-12-27(25)31)24-13-15-33-30-26(24)18-29(21-8-7-14-32-19-21)35(30)38(36,37)23-9-3-2-4-10-23/h2-19,34H,1H2.